The number of hydrogen-bond acceptors (Lipinski definition) is 4. The zero-order valence-electron chi connectivity index (χ0n) is 27.2. The Labute approximate surface area is 255 Å². The van der Waals surface area contributed by atoms with Gasteiger partial charge in [0, 0.05) is 31.1 Å². The van der Waals surface area contributed by atoms with Crippen molar-refractivity contribution in [3.05, 3.63) is 0 Å². The summed E-state index contributed by atoms with van der Waals surface area (Å²) in [4.78, 5) is 23.8. The molecule has 8 aliphatic carbocycles. The predicted molar refractivity (Wildman–Crippen MR) is 165 cm³/mol. The van der Waals surface area contributed by atoms with E-state index < -0.39 is 0 Å². The molecular formula is C38H60O4. The van der Waals surface area contributed by atoms with Crippen LogP contribution in [0.4, 0.5) is 0 Å². The van der Waals surface area contributed by atoms with Crippen LogP contribution in [0.25, 0.3) is 0 Å². The third-order valence-corrected chi connectivity index (χ3v) is 16.8. The summed E-state index contributed by atoms with van der Waals surface area (Å²) in [6, 6.07) is 0. The minimum Gasteiger partial charge on any atom is -0.393 e. The molecule has 0 aromatic heterocycles. The van der Waals surface area contributed by atoms with E-state index in [1.807, 2.05) is 0 Å². The van der Waals surface area contributed by atoms with Crippen LogP contribution in [0.2, 0.25) is 0 Å². The van der Waals surface area contributed by atoms with E-state index in [0.717, 1.165) is 61.7 Å². The number of carbonyl (C=O) groups excluding carboxylic acids is 2. The molecule has 14 atom stereocenters. The van der Waals surface area contributed by atoms with E-state index in [9.17, 15) is 19.8 Å². The van der Waals surface area contributed by atoms with Crippen LogP contribution in [0.1, 0.15) is 143 Å². The first-order chi connectivity index (χ1) is 19.9. The first-order valence-electron chi connectivity index (χ1n) is 18.3. The summed E-state index contributed by atoms with van der Waals surface area (Å²) in [5, 5.41) is 21.2. The molecule has 0 spiro atoms. The molecule has 2 N–H and O–H groups in total. The van der Waals surface area contributed by atoms with Gasteiger partial charge in [-0.05, 0) is 147 Å². The van der Waals surface area contributed by atoms with Gasteiger partial charge in [-0.2, -0.15) is 0 Å². The SMILES string of the molecule is C[C@@]12CCC[C@H]1[C@@H]1CC[C@H]3CC(=O)CC(O)[C@]3(C)[C@H]1CC2.C[C@]12CCC(=O)C[C@H]1CC[C@@H]1[C@@H]2CC[C@]2(C)[C@@H](O)CC[C@@H]12. The molecular weight excluding hydrogens is 520 g/mol. The number of fused-ring (bicyclic) bond motifs is 10. The maximum absolute atomic E-state index is 11.9. The first-order valence-corrected chi connectivity index (χ1v) is 18.3. The smallest absolute Gasteiger partial charge is 0.135 e. The Morgan fingerprint density at radius 2 is 1.21 bits per heavy atom. The fourth-order valence-electron chi connectivity index (χ4n) is 14.1. The lowest BCUT2D eigenvalue weighted by Gasteiger charge is -2.61. The van der Waals surface area contributed by atoms with Crippen LogP contribution in [0.15, 0.2) is 0 Å². The van der Waals surface area contributed by atoms with Crippen molar-refractivity contribution in [3.63, 3.8) is 0 Å². The number of rotatable bonds is 0. The Balaban J connectivity index is 0.000000137. The van der Waals surface area contributed by atoms with Crippen LogP contribution in [0.5, 0.6) is 0 Å². The van der Waals surface area contributed by atoms with Gasteiger partial charge >= 0.3 is 0 Å². The third kappa shape index (κ3) is 4.33. The van der Waals surface area contributed by atoms with Crippen molar-refractivity contribution in [2.45, 2.75) is 155 Å². The van der Waals surface area contributed by atoms with Gasteiger partial charge in [0.15, 0.2) is 0 Å². The van der Waals surface area contributed by atoms with Crippen LogP contribution in [0, 0.1) is 69.0 Å². The standard InChI is InChI=1S/2C19H30O2/c1-18-9-7-13(20)11-12(18)3-4-14-15-5-6-17(21)19(15,2)10-8-16(14)18;1-18-8-3-4-15(18)14-6-5-12-10-13(20)11-17(21)19(12,2)16(14)7-9-18/h2*12,14-17,21H,3-11H2,1-2H3/t12-,14+,15+,16+,17+,18+,19+;12-,14-,15-,16-,17?,18-,19-/m10/s1. The van der Waals surface area contributed by atoms with E-state index in [-0.39, 0.29) is 23.0 Å². The number of carbonyl (C=O) groups is 2. The number of Topliss-reactive ketones (excluding diaryl/α,β-unsaturated/α-hetero) is 2. The minimum absolute atomic E-state index is 0.0146. The fraction of sp³-hybridized carbons (Fsp3) is 0.947. The highest BCUT2D eigenvalue weighted by atomic mass is 16.3. The van der Waals surface area contributed by atoms with Crippen LogP contribution in [-0.2, 0) is 9.59 Å². The van der Waals surface area contributed by atoms with Crippen LogP contribution in [0.3, 0.4) is 0 Å². The highest BCUT2D eigenvalue weighted by Crippen LogP contribution is 2.67. The van der Waals surface area contributed by atoms with E-state index >= 15 is 0 Å². The van der Waals surface area contributed by atoms with E-state index in [2.05, 4.69) is 27.7 Å². The summed E-state index contributed by atoms with van der Waals surface area (Å²) < 4.78 is 0. The van der Waals surface area contributed by atoms with E-state index in [4.69, 9.17) is 0 Å². The summed E-state index contributed by atoms with van der Waals surface area (Å²) in [5.41, 5.74) is 1.20. The van der Waals surface area contributed by atoms with Crippen molar-refractivity contribution in [2.24, 2.45) is 69.0 Å². The maximum Gasteiger partial charge on any atom is 0.135 e. The molecule has 1 unspecified atom stereocenters. The number of hydrogen-bond donors (Lipinski definition) is 2. The van der Waals surface area contributed by atoms with Crippen molar-refractivity contribution in [3.8, 4) is 0 Å². The average molecular weight is 581 g/mol. The lowest BCUT2D eigenvalue weighted by molar-refractivity contribution is -0.168. The molecule has 0 bridgehead atoms. The van der Waals surface area contributed by atoms with Gasteiger partial charge < -0.3 is 10.2 Å². The number of aliphatic hydroxyl groups excluding tert-OH is 2. The van der Waals surface area contributed by atoms with Gasteiger partial charge in [-0.25, -0.2) is 0 Å². The molecule has 8 aliphatic rings. The summed E-state index contributed by atoms with van der Waals surface area (Å²) in [7, 11) is 0. The summed E-state index contributed by atoms with van der Waals surface area (Å²) in [5.74, 6) is 6.63. The molecule has 42 heavy (non-hydrogen) atoms. The van der Waals surface area contributed by atoms with Gasteiger partial charge in [0.2, 0.25) is 0 Å². The lowest BCUT2D eigenvalue weighted by atomic mass is 9.44. The van der Waals surface area contributed by atoms with E-state index in [1.54, 1.807) is 0 Å². The second-order valence-corrected chi connectivity index (χ2v) is 18.1. The van der Waals surface area contributed by atoms with Crippen molar-refractivity contribution in [2.75, 3.05) is 0 Å². The molecule has 0 aliphatic heterocycles. The predicted octanol–water partition coefficient (Wildman–Crippen LogP) is 7.92. The molecule has 0 saturated heterocycles. The largest absolute Gasteiger partial charge is 0.393 e. The molecule has 8 saturated carbocycles. The number of ketones is 2. The zero-order chi connectivity index (χ0) is 29.7. The van der Waals surface area contributed by atoms with E-state index in [0.29, 0.717) is 46.6 Å². The monoisotopic (exact) mass is 580 g/mol. The molecule has 0 aromatic carbocycles. The zero-order valence-corrected chi connectivity index (χ0v) is 27.2. The number of aliphatic hydroxyl groups is 2. The summed E-state index contributed by atoms with van der Waals surface area (Å²) in [6.07, 6.45) is 20.2. The van der Waals surface area contributed by atoms with Gasteiger partial charge in [-0.1, -0.05) is 34.1 Å². The highest BCUT2D eigenvalue weighted by Gasteiger charge is 2.61. The van der Waals surface area contributed by atoms with Crippen molar-refractivity contribution < 1.29 is 19.8 Å². The Bertz CT molecular complexity index is 1080. The molecule has 0 heterocycles. The first kappa shape index (κ1) is 29.9. The molecule has 4 heteroatoms. The highest BCUT2D eigenvalue weighted by molar-refractivity contribution is 5.80. The quantitative estimate of drug-likeness (QED) is 0.305. The Hall–Kier alpha value is -0.740. The van der Waals surface area contributed by atoms with Crippen LogP contribution >= 0.6 is 0 Å². The van der Waals surface area contributed by atoms with Crippen molar-refractivity contribution in [1.29, 1.82) is 0 Å². The summed E-state index contributed by atoms with van der Waals surface area (Å²) in [6.45, 7) is 9.69. The molecule has 8 rings (SSSR count). The summed E-state index contributed by atoms with van der Waals surface area (Å²) >= 11 is 0. The Morgan fingerprint density at radius 1 is 0.548 bits per heavy atom. The average Bonchev–Trinajstić information content (AvgIpc) is 3.49. The van der Waals surface area contributed by atoms with Crippen LogP contribution in [-0.4, -0.2) is 34.0 Å². The second kappa shape index (κ2) is 10.4. The van der Waals surface area contributed by atoms with Gasteiger partial charge in [0.05, 0.1) is 12.2 Å². The van der Waals surface area contributed by atoms with Gasteiger partial charge in [0.25, 0.3) is 0 Å². The topological polar surface area (TPSA) is 74.6 Å². The Morgan fingerprint density at radius 3 is 2.00 bits per heavy atom. The molecule has 236 valence electrons. The van der Waals surface area contributed by atoms with Gasteiger partial charge in [0.1, 0.15) is 11.6 Å². The van der Waals surface area contributed by atoms with Crippen molar-refractivity contribution in [1.82, 2.24) is 0 Å². The Kier molecular flexibility index (Phi) is 7.41. The normalized spacial score (nSPS) is 56.5. The minimum atomic E-state index is -0.387. The second-order valence-electron chi connectivity index (χ2n) is 18.1. The molecule has 8 fully saturated rings. The van der Waals surface area contributed by atoms with Crippen LogP contribution < -0.4 is 0 Å². The molecule has 4 nitrogen and oxygen atoms in total. The van der Waals surface area contributed by atoms with Crippen molar-refractivity contribution >= 4 is 11.6 Å². The fourth-order valence-corrected chi connectivity index (χ4v) is 14.1. The lowest BCUT2D eigenvalue weighted by Crippen LogP contribution is -2.58. The van der Waals surface area contributed by atoms with Gasteiger partial charge in [-0.3, -0.25) is 9.59 Å². The molecule has 0 radical (unpaired) electrons. The molecule has 0 aromatic rings. The maximum atomic E-state index is 11.9. The van der Waals surface area contributed by atoms with E-state index in [1.165, 1.54) is 77.0 Å². The van der Waals surface area contributed by atoms with Gasteiger partial charge in [-0.15, -0.1) is 0 Å². The third-order valence-electron chi connectivity index (χ3n) is 16.8. The molecule has 0 amide bonds.